The second-order valence-corrected chi connectivity index (χ2v) is 8.24. The van der Waals surface area contributed by atoms with Crippen molar-refractivity contribution in [3.05, 3.63) is 0 Å². The molecular weight excluding hydrogens is 298 g/mol. The SMILES string of the molecule is CC(C)(C)OC(=O)C[C@H](NS(=O)(=O)C1CCCC1)C(=O)O. The van der Waals surface area contributed by atoms with Crippen molar-refractivity contribution in [1.29, 1.82) is 0 Å². The monoisotopic (exact) mass is 321 g/mol. The summed E-state index contributed by atoms with van der Waals surface area (Å²) in [6, 6.07) is -1.49. The van der Waals surface area contributed by atoms with Gasteiger partial charge in [0.05, 0.1) is 11.7 Å². The Balaban J connectivity index is 2.70. The number of nitrogens with one attached hydrogen (secondary N) is 1. The lowest BCUT2D eigenvalue weighted by Crippen LogP contribution is -2.46. The predicted octanol–water partition coefficient (Wildman–Crippen LogP) is 1.03. The zero-order chi connectivity index (χ0) is 16.3. The molecule has 0 unspecified atom stereocenters. The first-order valence-electron chi connectivity index (χ1n) is 6.97. The Morgan fingerprint density at radius 1 is 1.29 bits per heavy atom. The molecule has 0 spiro atoms. The van der Waals surface area contributed by atoms with Crippen LogP contribution in [0.5, 0.6) is 0 Å². The minimum absolute atomic E-state index is 0.522. The van der Waals surface area contributed by atoms with E-state index in [1.165, 1.54) is 0 Å². The van der Waals surface area contributed by atoms with Gasteiger partial charge in [0.1, 0.15) is 11.6 Å². The normalized spacial score (nSPS) is 18.4. The molecule has 8 heteroatoms. The molecule has 21 heavy (non-hydrogen) atoms. The number of hydrogen-bond acceptors (Lipinski definition) is 5. The summed E-state index contributed by atoms with van der Waals surface area (Å²) in [5, 5.41) is 8.52. The second-order valence-electron chi connectivity index (χ2n) is 6.25. The number of esters is 1. The molecule has 0 aromatic rings. The van der Waals surface area contributed by atoms with Crippen molar-refractivity contribution in [2.75, 3.05) is 0 Å². The highest BCUT2D eigenvalue weighted by Gasteiger charge is 2.34. The second kappa shape index (κ2) is 6.74. The fourth-order valence-corrected chi connectivity index (χ4v) is 3.95. The van der Waals surface area contributed by atoms with E-state index in [9.17, 15) is 18.0 Å². The molecule has 0 radical (unpaired) electrons. The summed E-state index contributed by atoms with van der Waals surface area (Å²) in [5.74, 6) is -2.13. The highest BCUT2D eigenvalue weighted by Crippen LogP contribution is 2.24. The lowest BCUT2D eigenvalue weighted by Gasteiger charge is -2.22. The molecule has 0 aromatic carbocycles. The maximum atomic E-state index is 12.1. The number of hydrogen-bond donors (Lipinski definition) is 2. The zero-order valence-electron chi connectivity index (χ0n) is 12.6. The van der Waals surface area contributed by atoms with Crippen molar-refractivity contribution in [2.24, 2.45) is 0 Å². The van der Waals surface area contributed by atoms with Crippen molar-refractivity contribution in [2.45, 2.75) is 69.8 Å². The minimum Gasteiger partial charge on any atom is -0.480 e. The Morgan fingerprint density at radius 3 is 2.24 bits per heavy atom. The van der Waals surface area contributed by atoms with Gasteiger partial charge in [0, 0.05) is 0 Å². The van der Waals surface area contributed by atoms with E-state index in [-0.39, 0.29) is 0 Å². The van der Waals surface area contributed by atoms with Crippen LogP contribution in [0, 0.1) is 0 Å². The molecule has 7 nitrogen and oxygen atoms in total. The van der Waals surface area contributed by atoms with Gasteiger partial charge in [-0.25, -0.2) is 13.1 Å². The van der Waals surface area contributed by atoms with E-state index in [0.717, 1.165) is 12.8 Å². The van der Waals surface area contributed by atoms with Crippen molar-refractivity contribution in [3.8, 4) is 0 Å². The largest absolute Gasteiger partial charge is 0.480 e. The molecule has 122 valence electrons. The van der Waals surface area contributed by atoms with Crippen LogP contribution in [0.4, 0.5) is 0 Å². The summed E-state index contributed by atoms with van der Waals surface area (Å²) >= 11 is 0. The molecule has 0 amide bonds. The highest BCUT2D eigenvalue weighted by molar-refractivity contribution is 7.90. The fraction of sp³-hybridized carbons (Fsp3) is 0.846. The van der Waals surface area contributed by atoms with Crippen LogP contribution in [-0.4, -0.2) is 42.4 Å². The van der Waals surface area contributed by atoms with Gasteiger partial charge in [0.25, 0.3) is 0 Å². The lowest BCUT2D eigenvalue weighted by molar-refractivity contribution is -0.158. The molecule has 1 rings (SSSR count). The molecule has 0 bridgehead atoms. The third kappa shape index (κ3) is 6.01. The van der Waals surface area contributed by atoms with E-state index in [4.69, 9.17) is 9.84 Å². The van der Waals surface area contributed by atoms with Gasteiger partial charge in [-0.1, -0.05) is 12.8 Å². The standard InChI is InChI=1S/C13H23NO6S/c1-13(2,3)20-11(15)8-10(12(16)17)14-21(18,19)9-6-4-5-7-9/h9-10,14H,4-8H2,1-3H3,(H,16,17)/t10-/m0/s1. The van der Waals surface area contributed by atoms with E-state index in [1.54, 1.807) is 20.8 Å². The van der Waals surface area contributed by atoms with E-state index in [2.05, 4.69) is 4.72 Å². The predicted molar refractivity (Wildman–Crippen MR) is 76.2 cm³/mol. The Morgan fingerprint density at radius 2 is 1.81 bits per heavy atom. The third-order valence-corrected chi connectivity index (χ3v) is 5.10. The Bertz CT molecular complexity index is 487. The van der Waals surface area contributed by atoms with Crippen molar-refractivity contribution in [3.63, 3.8) is 0 Å². The van der Waals surface area contributed by atoms with Crippen LogP contribution in [0.3, 0.4) is 0 Å². The summed E-state index contributed by atoms with van der Waals surface area (Å²) < 4.78 is 31.3. The maximum Gasteiger partial charge on any atom is 0.322 e. The van der Waals surface area contributed by atoms with Gasteiger partial charge in [0.2, 0.25) is 10.0 Å². The molecule has 1 aliphatic carbocycles. The molecule has 0 aromatic heterocycles. The number of rotatable bonds is 6. The molecule has 1 atom stereocenters. The number of carboxylic acids is 1. The average Bonchev–Trinajstić information content (AvgIpc) is 2.78. The van der Waals surface area contributed by atoms with Gasteiger partial charge in [-0.05, 0) is 33.6 Å². The van der Waals surface area contributed by atoms with E-state index >= 15 is 0 Å². The van der Waals surface area contributed by atoms with E-state index < -0.39 is 45.3 Å². The number of carboxylic acid groups (broad SMARTS) is 1. The molecule has 1 aliphatic rings. The zero-order valence-corrected chi connectivity index (χ0v) is 13.4. The van der Waals surface area contributed by atoms with Gasteiger partial charge < -0.3 is 9.84 Å². The Labute approximate surface area is 125 Å². The number of sulfonamides is 1. The van der Waals surface area contributed by atoms with E-state index in [0.29, 0.717) is 12.8 Å². The van der Waals surface area contributed by atoms with Crippen LogP contribution in [0.25, 0.3) is 0 Å². The quantitative estimate of drug-likeness (QED) is 0.707. The number of ether oxygens (including phenoxy) is 1. The number of carbonyl (C=O) groups is 2. The molecule has 2 N–H and O–H groups in total. The third-order valence-electron chi connectivity index (χ3n) is 3.14. The van der Waals surface area contributed by atoms with Crippen LogP contribution < -0.4 is 4.72 Å². The number of carbonyl (C=O) groups excluding carboxylic acids is 1. The van der Waals surface area contributed by atoms with Gasteiger partial charge >= 0.3 is 11.9 Å². The van der Waals surface area contributed by atoms with E-state index in [1.807, 2.05) is 0 Å². The minimum atomic E-state index is -3.73. The summed E-state index contributed by atoms with van der Waals surface area (Å²) in [7, 11) is -3.73. The Kier molecular flexibility index (Phi) is 5.75. The molecule has 1 saturated carbocycles. The summed E-state index contributed by atoms with van der Waals surface area (Å²) in [6.45, 7) is 4.97. The molecule has 0 heterocycles. The van der Waals surface area contributed by atoms with Gasteiger partial charge in [0.15, 0.2) is 0 Å². The first-order valence-corrected chi connectivity index (χ1v) is 8.52. The van der Waals surface area contributed by atoms with Crippen LogP contribution in [0.2, 0.25) is 0 Å². The maximum absolute atomic E-state index is 12.1. The van der Waals surface area contributed by atoms with Gasteiger partial charge in [-0.15, -0.1) is 0 Å². The van der Waals surface area contributed by atoms with Crippen molar-refractivity contribution in [1.82, 2.24) is 4.72 Å². The molecule has 0 saturated heterocycles. The van der Waals surface area contributed by atoms with Crippen LogP contribution in [0.1, 0.15) is 52.9 Å². The summed E-state index contributed by atoms with van der Waals surface area (Å²) in [6.07, 6.45) is 2.14. The molecular formula is C13H23NO6S. The first kappa shape index (κ1) is 17.9. The smallest absolute Gasteiger partial charge is 0.322 e. The fourth-order valence-electron chi connectivity index (χ4n) is 2.22. The van der Waals surface area contributed by atoms with Crippen LogP contribution in [0.15, 0.2) is 0 Å². The summed E-state index contributed by atoms with van der Waals surface area (Å²) in [5.41, 5.74) is -0.746. The number of aliphatic carboxylic acids is 1. The van der Waals surface area contributed by atoms with Crippen molar-refractivity contribution >= 4 is 22.0 Å². The van der Waals surface area contributed by atoms with Gasteiger partial charge in [-0.2, -0.15) is 0 Å². The Hall–Kier alpha value is -1.15. The molecule has 0 aliphatic heterocycles. The average molecular weight is 321 g/mol. The van der Waals surface area contributed by atoms with Gasteiger partial charge in [-0.3, -0.25) is 9.59 Å². The van der Waals surface area contributed by atoms with Crippen LogP contribution >= 0.6 is 0 Å². The van der Waals surface area contributed by atoms with Crippen LogP contribution in [-0.2, 0) is 24.3 Å². The lowest BCUT2D eigenvalue weighted by atomic mass is 10.2. The van der Waals surface area contributed by atoms with Crippen molar-refractivity contribution < 1.29 is 27.9 Å². The molecule has 1 fully saturated rings. The topological polar surface area (TPSA) is 110 Å². The first-order chi connectivity index (χ1) is 9.51. The summed E-state index contributed by atoms with van der Waals surface area (Å²) in [4.78, 5) is 22.8. The highest BCUT2D eigenvalue weighted by atomic mass is 32.2.